The first-order valence-corrected chi connectivity index (χ1v) is 10.2. The molecule has 0 unspecified atom stereocenters. The highest BCUT2D eigenvalue weighted by atomic mass is 32.1. The summed E-state index contributed by atoms with van der Waals surface area (Å²) in [6.45, 7) is 1.52. The molecule has 2 N–H and O–H groups in total. The lowest BCUT2D eigenvalue weighted by atomic mass is 9.78. The van der Waals surface area contributed by atoms with Crippen molar-refractivity contribution in [1.29, 1.82) is 5.26 Å². The van der Waals surface area contributed by atoms with Gasteiger partial charge in [-0.15, -0.1) is 11.3 Å². The first-order chi connectivity index (χ1) is 13.9. The summed E-state index contributed by atoms with van der Waals surface area (Å²) in [4.78, 5) is 25.4. The lowest BCUT2D eigenvalue weighted by Gasteiger charge is -2.27. The van der Waals surface area contributed by atoms with Crippen LogP contribution in [0.25, 0.3) is 0 Å². The zero-order valence-corrected chi connectivity index (χ0v) is 16.8. The third-order valence-electron chi connectivity index (χ3n) is 5.19. The number of nitrogens with two attached hydrogens (primary N) is 1. The van der Waals surface area contributed by atoms with Gasteiger partial charge in [0.05, 0.1) is 17.6 Å². The van der Waals surface area contributed by atoms with Gasteiger partial charge >= 0.3 is 11.9 Å². The SMILES string of the molecule is CCOC(=O)c1sc(N)c(C#N)c1COC(=O)C1(c2ccccc2F)CCCC1. The summed E-state index contributed by atoms with van der Waals surface area (Å²) < 4.78 is 25.0. The van der Waals surface area contributed by atoms with Gasteiger partial charge in [-0.2, -0.15) is 5.26 Å². The molecule has 1 heterocycles. The van der Waals surface area contributed by atoms with Gasteiger partial charge in [-0.3, -0.25) is 4.79 Å². The topological polar surface area (TPSA) is 102 Å². The Morgan fingerprint density at radius 2 is 1.97 bits per heavy atom. The number of carbonyl (C=O) groups is 2. The van der Waals surface area contributed by atoms with E-state index < -0.39 is 23.2 Å². The maximum absolute atomic E-state index is 14.5. The second-order valence-corrected chi connectivity index (χ2v) is 7.88. The fourth-order valence-corrected chi connectivity index (χ4v) is 4.71. The standard InChI is InChI=1S/C21H21FN2O4S/c1-2-27-19(25)17-14(13(11-23)18(24)29-17)12-28-20(26)21(9-5-6-10-21)15-7-3-4-8-16(15)22/h3-4,7-8H,2,5-6,9-10,12,24H2,1H3. The molecule has 0 aliphatic heterocycles. The lowest BCUT2D eigenvalue weighted by Crippen LogP contribution is -2.35. The summed E-state index contributed by atoms with van der Waals surface area (Å²) in [6, 6.07) is 8.15. The Morgan fingerprint density at radius 3 is 2.59 bits per heavy atom. The number of nitrogen functional groups attached to an aromatic ring is 1. The van der Waals surface area contributed by atoms with Gasteiger partial charge in [0.2, 0.25) is 0 Å². The molecular formula is C21H21FN2O4S. The Balaban J connectivity index is 1.89. The summed E-state index contributed by atoms with van der Waals surface area (Å²) in [6.07, 6.45) is 2.53. The van der Waals surface area contributed by atoms with Crippen molar-refractivity contribution in [2.75, 3.05) is 12.3 Å². The summed E-state index contributed by atoms with van der Waals surface area (Å²) in [7, 11) is 0. The van der Waals surface area contributed by atoms with Crippen LogP contribution in [0.15, 0.2) is 24.3 Å². The molecular weight excluding hydrogens is 395 g/mol. The van der Waals surface area contributed by atoms with E-state index in [-0.39, 0.29) is 34.2 Å². The van der Waals surface area contributed by atoms with Gasteiger partial charge in [0.25, 0.3) is 0 Å². The maximum Gasteiger partial charge on any atom is 0.348 e. The quantitative estimate of drug-likeness (QED) is 0.712. The number of nitrogens with zero attached hydrogens (tertiary/aromatic N) is 1. The molecule has 0 spiro atoms. The largest absolute Gasteiger partial charge is 0.462 e. The van der Waals surface area contributed by atoms with Crippen molar-refractivity contribution in [3.63, 3.8) is 0 Å². The summed E-state index contributed by atoms with van der Waals surface area (Å²) in [5.74, 6) is -1.64. The third kappa shape index (κ3) is 3.83. The fraction of sp³-hybridized carbons (Fsp3) is 0.381. The van der Waals surface area contributed by atoms with Gasteiger partial charge in [-0.1, -0.05) is 31.0 Å². The molecule has 0 radical (unpaired) electrons. The minimum Gasteiger partial charge on any atom is -0.462 e. The van der Waals surface area contributed by atoms with Gasteiger partial charge in [0, 0.05) is 11.1 Å². The van der Waals surface area contributed by atoms with E-state index in [0.717, 1.165) is 24.2 Å². The number of thiophene rings is 1. The molecule has 8 heteroatoms. The van der Waals surface area contributed by atoms with Crippen LogP contribution in [0.1, 0.15) is 59.0 Å². The summed E-state index contributed by atoms with van der Waals surface area (Å²) in [5, 5.41) is 9.56. The van der Waals surface area contributed by atoms with Gasteiger partial charge in [0.1, 0.15) is 28.4 Å². The normalized spacial score (nSPS) is 14.9. The maximum atomic E-state index is 14.5. The van der Waals surface area contributed by atoms with Gasteiger partial charge in [-0.25, -0.2) is 9.18 Å². The molecule has 1 fully saturated rings. The molecule has 152 valence electrons. The van der Waals surface area contributed by atoms with Crippen molar-refractivity contribution >= 4 is 28.3 Å². The Labute approximate surface area is 172 Å². The zero-order valence-electron chi connectivity index (χ0n) is 16.0. The molecule has 0 saturated heterocycles. The summed E-state index contributed by atoms with van der Waals surface area (Å²) in [5.41, 5.74) is 5.42. The highest BCUT2D eigenvalue weighted by Crippen LogP contribution is 2.43. The van der Waals surface area contributed by atoms with Crippen molar-refractivity contribution < 1.29 is 23.5 Å². The first kappa shape index (κ1) is 20.8. The Kier molecular flexibility index (Phi) is 6.18. The molecule has 1 aromatic carbocycles. The smallest absolute Gasteiger partial charge is 0.348 e. The molecule has 0 atom stereocenters. The van der Waals surface area contributed by atoms with Crippen molar-refractivity contribution in [3.05, 3.63) is 51.7 Å². The molecule has 2 aromatic rings. The number of rotatable bonds is 6. The molecule has 29 heavy (non-hydrogen) atoms. The predicted octanol–water partition coefficient (Wildman–Crippen LogP) is 4.07. The Hall–Kier alpha value is -2.92. The van der Waals surface area contributed by atoms with Crippen molar-refractivity contribution in [2.45, 2.75) is 44.6 Å². The van der Waals surface area contributed by atoms with Gasteiger partial charge in [-0.05, 0) is 25.8 Å². The predicted molar refractivity (Wildman–Crippen MR) is 106 cm³/mol. The average molecular weight is 416 g/mol. The number of hydrogen-bond acceptors (Lipinski definition) is 7. The highest BCUT2D eigenvalue weighted by Gasteiger charge is 2.46. The minimum absolute atomic E-state index is 0.0946. The average Bonchev–Trinajstić information content (AvgIpc) is 3.32. The highest BCUT2D eigenvalue weighted by molar-refractivity contribution is 7.18. The van der Waals surface area contributed by atoms with Crippen molar-refractivity contribution in [3.8, 4) is 6.07 Å². The zero-order chi connectivity index (χ0) is 21.0. The van der Waals surface area contributed by atoms with Crippen LogP contribution in [-0.4, -0.2) is 18.5 Å². The van der Waals surface area contributed by atoms with Crippen LogP contribution in [0.4, 0.5) is 9.39 Å². The molecule has 0 bridgehead atoms. The van der Waals surface area contributed by atoms with Crippen molar-refractivity contribution in [1.82, 2.24) is 0 Å². The lowest BCUT2D eigenvalue weighted by molar-refractivity contribution is -0.152. The number of benzene rings is 1. The number of nitriles is 1. The monoisotopic (exact) mass is 416 g/mol. The van der Waals surface area contributed by atoms with Gasteiger partial charge in [0.15, 0.2) is 0 Å². The number of ether oxygens (including phenoxy) is 2. The molecule has 1 saturated carbocycles. The van der Waals surface area contributed by atoms with E-state index in [1.807, 2.05) is 6.07 Å². The van der Waals surface area contributed by atoms with E-state index in [1.165, 1.54) is 6.07 Å². The van der Waals surface area contributed by atoms with Crippen LogP contribution in [0.2, 0.25) is 0 Å². The summed E-state index contributed by atoms with van der Waals surface area (Å²) >= 11 is 0.925. The number of carbonyl (C=O) groups excluding carboxylic acids is 2. The second kappa shape index (κ2) is 8.62. The second-order valence-electron chi connectivity index (χ2n) is 6.83. The molecule has 1 aliphatic rings. The van der Waals surface area contributed by atoms with E-state index in [9.17, 15) is 19.2 Å². The molecule has 0 amide bonds. The number of anilines is 1. The van der Waals surface area contributed by atoms with Crippen LogP contribution in [0.5, 0.6) is 0 Å². The number of hydrogen-bond donors (Lipinski definition) is 1. The van der Waals surface area contributed by atoms with Crippen molar-refractivity contribution in [2.24, 2.45) is 0 Å². The Bertz CT molecular complexity index is 974. The molecule has 6 nitrogen and oxygen atoms in total. The molecule has 1 aliphatic carbocycles. The number of esters is 2. The van der Waals surface area contributed by atoms with E-state index in [0.29, 0.717) is 18.4 Å². The van der Waals surface area contributed by atoms with Crippen LogP contribution >= 0.6 is 11.3 Å². The van der Waals surface area contributed by atoms with Crippen LogP contribution in [-0.2, 0) is 26.3 Å². The first-order valence-electron chi connectivity index (χ1n) is 9.35. The van der Waals surface area contributed by atoms with Gasteiger partial charge < -0.3 is 15.2 Å². The molecule has 3 rings (SSSR count). The Morgan fingerprint density at radius 1 is 1.28 bits per heavy atom. The fourth-order valence-electron chi connectivity index (χ4n) is 3.79. The van der Waals surface area contributed by atoms with E-state index in [1.54, 1.807) is 25.1 Å². The van der Waals surface area contributed by atoms with Crippen LogP contribution < -0.4 is 5.73 Å². The van der Waals surface area contributed by atoms with E-state index in [2.05, 4.69) is 0 Å². The minimum atomic E-state index is -1.07. The van der Waals surface area contributed by atoms with E-state index in [4.69, 9.17) is 15.2 Å². The number of halogens is 1. The van der Waals surface area contributed by atoms with Crippen LogP contribution in [0.3, 0.4) is 0 Å². The third-order valence-corrected chi connectivity index (χ3v) is 6.23. The van der Waals surface area contributed by atoms with Crippen LogP contribution in [0, 0.1) is 17.1 Å². The van der Waals surface area contributed by atoms with E-state index >= 15 is 0 Å². The molecule has 1 aromatic heterocycles.